The Labute approximate surface area is 146 Å². The van der Waals surface area contributed by atoms with E-state index in [1.165, 1.54) is 0 Å². The molecule has 0 aromatic heterocycles. The fraction of sp³-hybridized carbons (Fsp3) is 1.00. The molecular formula is C20H37NO3. The second-order valence-corrected chi connectivity index (χ2v) is 9.69. The Bertz CT molecular complexity index is 468. The number of fused-ring (bicyclic) bond motifs is 1. The van der Waals surface area contributed by atoms with E-state index in [1.807, 2.05) is 6.92 Å². The van der Waals surface area contributed by atoms with Gasteiger partial charge >= 0.3 is 0 Å². The highest BCUT2D eigenvalue weighted by atomic mass is 16.3. The van der Waals surface area contributed by atoms with Gasteiger partial charge in [0.05, 0.1) is 11.7 Å². The van der Waals surface area contributed by atoms with Gasteiger partial charge in [0, 0.05) is 6.61 Å². The molecular weight excluding hydrogens is 302 g/mol. The van der Waals surface area contributed by atoms with Crippen LogP contribution in [0.1, 0.15) is 65.7 Å². The van der Waals surface area contributed by atoms with Crippen molar-refractivity contribution in [2.45, 2.75) is 77.4 Å². The highest BCUT2D eigenvalue weighted by molar-refractivity contribution is 5.11. The van der Waals surface area contributed by atoms with Crippen LogP contribution in [0.5, 0.6) is 0 Å². The van der Waals surface area contributed by atoms with Gasteiger partial charge in [-0.3, -0.25) is 0 Å². The topological polar surface area (TPSA) is 86.7 Å². The van der Waals surface area contributed by atoms with Gasteiger partial charge < -0.3 is 21.1 Å². The maximum absolute atomic E-state index is 10.9. The van der Waals surface area contributed by atoms with E-state index in [4.69, 9.17) is 5.73 Å². The normalized spacial score (nSPS) is 55.4. The number of nitrogens with two attached hydrogens (primary N) is 1. The summed E-state index contributed by atoms with van der Waals surface area (Å²) in [7, 11) is 0. The molecule has 0 radical (unpaired) electrons. The predicted molar refractivity (Wildman–Crippen MR) is 95.3 cm³/mol. The minimum atomic E-state index is -0.587. The summed E-state index contributed by atoms with van der Waals surface area (Å²) in [4.78, 5) is 0. The Morgan fingerprint density at radius 3 is 2.29 bits per heavy atom. The number of rotatable bonds is 3. The number of hydrogen-bond donors (Lipinski definition) is 4. The molecule has 3 saturated carbocycles. The molecule has 0 aromatic carbocycles. The molecule has 24 heavy (non-hydrogen) atoms. The van der Waals surface area contributed by atoms with Crippen LogP contribution in [0.3, 0.4) is 0 Å². The van der Waals surface area contributed by atoms with E-state index in [-0.39, 0.29) is 29.5 Å². The summed E-state index contributed by atoms with van der Waals surface area (Å²) in [6, 6.07) is 0. The molecule has 3 aliphatic rings. The first-order valence-corrected chi connectivity index (χ1v) is 9.91. The monoisotopic (exact) mass is 339 g/mol. The number of hydrogen-bond acceptors (Lipinski definition) is 4. The van der Waals surface area contributed by atoms with Crippen LogP contribution in [0, 0.1) is 34.5 Å². The molecule has 3 fully saturated rings. The molecule has 0 aliphatic heterocycles. The lowest BCUT2D eigenvalue weighted by atomic mass is 9.48. The van der Waals surface area contributed by atoms with E-state index in [1.54, 1.807) is 0 Å². The summed E-state index contributed by atoms with van der Waals surface area (Å²) in [6.45, 7) is 7.41. The minimum absolute atomic E-state index is 0.0349. The van der Waals surface area contributed by atoms with E-state index in [9.17, 15) is 15.3 Å². The van der Waals surface area contributed by atoms with Crippen molar-refractivity contribution in [1.29, 1.82) is 0 Å². The van der Waals surface area contributed by atoms with Crippen molar-refractivity contribution in [3.8, 4) is 0 Å². The Balaban J connectivity index is 1.90. The van der Waals surface area contributed by atoms with E-state index >= 15 is 0 Å². The smallest absolute Gasteiger partial charge is 0.0675 e. The average Bonchev–Trinajstić information content (AvgIpc) is 2.79. The molecule has 3 rings (SSSR count). The Morgan fingerprint density at radius 2 is 1.67 bits per heavy atom. The zero-order valence-corrected chi connectivity index (χ0v) is 15.7. The Kier molecular flexibility index (Phi) is 4.83. The van der Waals surface area contributed by atoms with E-state index in [2.05, 4.69) is 13.8 Å². The van der Waals surface area contributed by atoms with Crippen molar-refractivity contribution >= 4 is 0 Å². The van der Waals surface area contributed by atoms with Gasteiger partial charge in [-0.05, 0) is 92.9 Å². The molecule has 0 bridgehead atoms. The molecule has 0 spiro atoms. The fourth-order valence-corrected chi connectivity index (χ4v) is 6.85. The first-order chi connectivity index (χ1) is 11.2. The largest absolute Gasteiger partial charge is 0.396 e. The molecule has 0 heterocycles. The molecule has 0 saturated heterocycles. The first-order valence-electron chi connectivity index (χ1n) is 9.91. The van der Waals surface area contributed by atoms with Crippen molar-refractivity contribution < 1.29 is 15.3 Å². The summed E-state index contributed by atoms with van der Waals surface area (Å²) >= 11 is 0. The first kappa shape index (κ1) is 18.6. The molecule has 0 unspecified atom stereocenters. The van der Waals surface area contributed by atoms with Crippen LogP contribution in [0.4, 0.5) is 0 Å². The second kappa shape index (κ2) is 6.22. The third-order valence-corrected chi connectivity index (χ3v) is 8.84. The third kappa shape index (κ3) is 2.56. The van der Waals surface area contributed by atoms with Gasteiger partial charge in [-0.2, -0.15) is 0 Å². The molecule has 0 aromatic rings. The molecule has 3 aliphatic carbocycles. The van der Waals surface area contributed by atoms with Gasteiger partial charge in [-0.25, -0.2) is 0 Å². The lowest BCUT2D eigenvalue weighted by molar-refractivity contribution is -0.134. The summed E-state index contributed by atoms with van der Waals surface area (Å²) in [5.41, 5.74) is 5.71. The van der Waals surface area contributed by atoms with E-state index < -0.39 is 5.60 Å². The molecule has 4 nitrogen and oxygen atoms in total. The highest BCUT2D eigenvalue weighted by Gasteiger charge is 2.61. The lowest BCUT2D eigenvalue weighted by Crippen LogP contribution is -2.55. The van der Waals surface area contributed by atoms with Crippen LogP contribution in [0.2, 0.25) is 0 Å². The third-order valence-electron chi connectivity index (χ3n) is 8.84. The second-order valence-electron chi connectivity index (χ2n) is 9.69. The summed E-state index contributed by atoms with van der Waals surface area (Å²) in [5, 5.41) is 31.0. The van der Waals surface area contributed by atoms with E-state index in [0.717, 1.165) is 38.5 Å². The van der Waals surface area contributed by atoms with Gasteiger partial charge in [-0.1, -0.05) is 13.8 Å². The highest BCUT2D eigenvalue weighted by Crippen LogP contribution is 2.64. The molecule has 140 valence electrons. The van der Waals surface area contributed by atoms with Gasteiger partial charge in [0.15, 0.2) is 0 Å². The van der Waals surface area contributed by atoms with Crippen molar-refractivity contribution in [2.24, 2.45) is 40.2 Å². The van der Waals surface area contributed by atoms with Gasteiger partial charge in [0.25, 0.3) is 0 Å². The molecule has 4 heteroatoms. The van der Waals surface area contributed by atoms with Crippen molar-refractivity contribution in [2.75, 3.05) is 13.2 Å². The molecule has 0 amide bonds. The van der Waals surface area contributed by atoms with Crippen molar-refractivity contribution in [3.05, 3.63) is 0 Å². The quantitative estimate of drug-likeness (QED) is 0.635. The van der Waals surface area contributed by atoms with Crippen LogP contribution in [0.15, 0.2) is 0 Å². The van der Waals surface area contributed by atoms with Crippen molar-refractivity contribution in [1.82, 2.24) is 0 Å². The summed E-state index contributed by atoms with van der Waals surface area (Å²) < 4.78 is 0. The summed E-state index contributed by atoms with van der Waals surface area (Å²) in [5.74, 6) is 1.52. The maximum atomic E-state index is 10.9. The SMILES string of the molecule is C[C@]1([C@H]2CC[C@@]3(C)[C@@H](CC[C@]3(C)O)[C@@H]2CN)CC[C@H](O)C[C@@H]1CO. The molecule has 8 atom stereocenters. The Morgan fingerprint density at radius 1 is 1.00 bits per heavy atom. The molecule has 5 N–H and O–H groups in total. The number of aliphatic hydroxyl groups is 3. The van der Waals surface area contributed by atoms with Crippen LogP contribution >= 0.6 is 0 Å². The van der Waals surface area contributed by atoms with Gasteiger partial charge in [0.2, 0.25) is 0 Å². The summed E-state index contributed by atoms with van der Waals surface area (Å²) in [6.07, 6.45) is 6.30. The fourth-order valence-electron chi connectivity index (χ4n) is 6.85. The van der Waals surface area contributed by atoms with Gasteiger partial charge in [0.1, 0.15) is 0 Å². The average molecular weight is 340 g/mol. The standard InChI is InChI=1S/C20H37NO3/c1-18(7-4-14(23)10-13(18)12-22)16-5-8-19(2)17(15(16)11-21)6-9-20(19,3)24/h13-17,22-24H,4-12,21H2,1-3H3/t13-,14+,15-,16+,17+,18+,19+,20+/m1/s1. The van der Waals surface area contributed by atoms with Crippen LogP contribution in [0.25, 0.3) is 0 Å². The maximum Gasteiger partial charge on any atom is 0.0675 e. The van der Waals surface area contributed by atoms with Crippen LogP contribution in [-0.4, -0.2) is 40.2 Å². The predicted octanol–water partition coefficient (Wildman–Crippen LogP) is 2.30. The van der Waals surface area contributed by atoms with Crippen LogP contribution in [-0.2, 0) is 0 Å². The Hall–Kier alpha value is -0.160. The zero-order chi connectivity index (χ0) is 17.8. The van der Waals surface area contributed by atoms with E-state index in [0.29, 0.717) is 30.7 Å². The lowest BCUT2D eigenvalue weighted by Gasteiger charge is -2.57. The van der Waals surface area contributed by atoms with Crippen LogP contribution < -0.4 is 5.73 Å². The van der Waals surface area contributed by atoms with Crippen molar-refractivity contribution in [3.63, 3.8) is 0 Å². The number of aliphatic hydroxyl groups excluding tert-OH is 2. The zero-order valence-electron chi connectivity index (χ0n) is 15.7. The van der Waals surface area contributed by atoms with Gasteiger partial charge in [-0.15, -0.1) is 0 Å². The minimum Gasteiger partial charge on any atom is -0.396 e.